The first-order valence-corrected chi connectivity index (χ1v) is 8.83. The van der Waals surface area contributed by atoms with Crippen LogP contribution in [0.3, 0.4) is 0 Å². The van der Waals surface area contributed by atoms with Crippen molar-refractivity contribution in [2.45, 2.75) is 13.8 Å². The molecule has 2 N–H and O–H groups in total. The van der Waals surface area contributed by atoms with Crippen molar-refractivity contribution in [1.29, 1.82) is 0 Å². The lowest BCUT2D eigenvalue weighted by Gasteiger charge is -2.13. The molecule has 3 aromatic rings. The number of aryl methyl sites for hydroxylation is 2. The first-order chi connectivity index (χ1) is 13.5. The number of para-hydroxylation sites is 2. The Labute approximate surface area is 163 Å². The van der Waals surface area contributed by atoms with E-state index in [0.29, 0.717) is 22.7 Å². The maximum absolute atomic E-state index is 12.3. The fraction of sp³-hybridized carbons (Fsp3) is 0.136. The van der Waals surface area contributed by atoms with Gasteiger partial charge in [-0.3, -0.25) is 14.6 Å². The number of nitrogens with zero attached hydrogens (tertiary/aromatic N) is 1. The van der Waals surface area contributed by atoms with E-state index >= 15 is 0 Å². The van der Waals surface area contributed by atoms with Gasteiger partial charge in [0.2, 0.25) is 0 Å². The highest BCUT2D eigenvalue weighted by atomic mass is 16.5. The molecule has 0 atom stereocenters. The number of nitrogens with one attached hydrogen (secondary N) is 2. The predicted molar refractivity (Wildman–Crippen MR) is 109 cm³/mol. The molecular formula is C22H21N3O3. The number of carbonyl (C=O) groups excluding carboxylic acids is 2. The molecular weight excluding hydrogens is 354 g/mol. The van der Waals surface area contributed by atoms with E-state index in [1.165, 1.54) is 6.20 Å². The van der Waals surface area contributed by atoms with Gasteiger partial charge in [-0.1, -0.05) is 18.2 Å². The molecule has 0 aliphatic rings. The summed E-state index contributed by atoms with van der Waals surface area (Å²) < 4.78 is 5.56. The van der Waals surface area contributed by atoms with E-state index in [1.54, 1.807) is 42.6 Å². The van der Waals surface area contributed by atoms with Crippen LogP contribution in [-0.4, -0.2) is 23.4 Å². The molecule has 6 heteroatoms. The molecule has 1 heterocycles. The number of amides is 2. The van der Waals surface area contributed by atoms with Crippen molar-refractivity contribution in [2.75, 3.05) is 17.2 Å². The second-order valence-electron chi connectivity index (χ2n) is 6.32. The molecule has 0 aliphatic heterocycles. The Morgan fingerprint density at radius 3 is 2.36 bits per heavy atom. The van der Waals surface area contributed by atoms with Crippen LogP contribution in [0.15, 0.2) is 67.0 Å². The van der Waals surface area contributed by atoms with Crippen LogP contribution in [0.1, 0.15) is 21.5 Å². The number of benzene rings is 2. The first kappa shape index (κ1) is 19.1. The van der Waals surface area contributed by atoms with Crippen molar-refractivity contribution in [2.24, 2.45) is 0 Å². The maximum Gasteiger partial charge on any atom is 0.262 e. The number of pyridine rings is 1. The van der Waals surface area contributed by atoms with E-state index in [4.69, 9.17) is 4.74 Å². The molecule has 0 saturated carbocycles. The number of hydrogen-bond acceptors (Lipinski definition) is 4. The lowest BCUT2D eigenvalue weighted by Crippen LogP contribution is -2.21. The normalized spacial score (nSPS) is 10.2. The Balaban J connectivity index is 1.63. The monoisotopic (exact) mass is 375 g/mol. The summed E-state index contributed by atoms with van der Waals surface area (Å²) in [7, 11) is 0. The molecule has 0 fully saturated rings. The largest absolute Gasteiger partial charge is 0.484 e. The summed E-state index contributed by atoms with van der Waals surface area (Å²) in [5, 5.41) is 5.55. The first-order valence-electron chi connectivity index (χ1n) is 8.83. The number of ether oxygens (including phenoxy) is 1. The molecule has 142 valence electrons. The van der Waals surface area contributed by atoms with Crippen LogP contribution in [0.2, 0.25) is 0 Å². The molecule has 1 aromatic heterocycles. The maximum atomic E-state index is 12.3. The van der Waals surface area contributed by atoms with Gasteiger partial charge in [0.05, 0.1) is 16.9 Å². The summed E-state index contributed by atoms with van der Waals surface area (Å²) in [5.41, 5.74) is 3.68. The molecule has 6 nitrogen and oxygen atoms in total. The van der Waals surface area contributed by atoms with E-state index in [2.05, 4.69) is 15.6 Å². The van der Waals surface area contributed by atoms with Crippen LogP contribution in [0.5, 0.6) is 5.75 Å². The van der Waals surface area contributed by atoms with Gasteiger partial charge >= 0.3 is 0 Å². The third kappa shape index (κ3) is 4.94. The number of hydrogen-bond donors (Lipinski definition) is 2. The van der Waals surface area contributed by atoms with Crippen molar-refractivity contribution in [3.63, 3.8) is 0 Å². The van der Waals surface area contributed by atoms with Gasteiger partial charge in [0.25, 0.3) is 11.8 Å². The highest BCUT2D eigenvalue weighted by Gasteiger charge is 2.11. The molecule has 0 unspecified atom stereocenters. The molecule has 0 spiro atoms. The zero-order valence-corrected chi connectivity index (χ0v) is 15.7. The minimum atomic E-state index is -0.318. The number of anilines is 2. The molecule has 0 radical (unpaired) electrons. The molecule has 2 amide bonds. The number of rotatable bonds is 6. The quantitative estimate of drug-likeness (QED) is 0.683. The molecule has 0 bridgehead atoms. The Hall–Kier alpha value is -3.67. The van der Waals surface area contributed by atoms with E-state index in [0.717, 1.165) is 11.1 Å². The van der Waals surface area contributed by atoms with E-state index in [9.17, 15) is 9.59 Å². The van der Waals surface area contributed by atoms with Gasteiger partial charge in [-0.2, -0.15) is 0 Å². The lowest BCUT2D eigenvalue weighted by atomic mass is 10.1. The highest BCUT2D eigenvalue weighted by Crippen LogP contribution is 2.22. The average molecular weight is 375 g/mol. The molecule has 2 aromatic carbocycles. The van der Waals surface area contributed by atoms with Crippen LogP contribution < -0.4 is 15.4 Å². The van der Waals surface area contributed by atoms with Crippen molar-refractivity contribution < 1.29 is 14.3 Å². The highest BCUT2D eigenvalue weighted by molar-refractivity contribution is 6.07. The summed E-state index contributed by atoms with van der Waals surface area (Å²) in [6.07, 6.45) is 3.08. The predicted octanol–water partition coefficient (Wildman–Crippen LogP) is 3.97. The van der Waals surface area contributed by atoms with Crippen LogP contribution in [0.25, 0.3) is 0 Å². The van der Waals surface area contributed by atoms with Crippen LogP contribution in [0, 0.1) is 13.8 Å². The smallest absolute Gasteiger partial charge is 0.262 e. The fourth-order valence-corrected chi connectivity index (χ4v) is 2.53. The second-order valence-corrected chi connectivity index (χ2v) is 6.32. The summed E-state index contributed by atoms with van der Waals surface area (Å²) in [6.45, 7) is 3.87. The van der Waals surface area contributed by atoms with Gasteiger partial charge in [0, 0.05) is 12.4 Å². The zero-order chi connectivity index (χ0) is 19.9. The number of aromatic nitrogens is 1. The van der Waals surface area contributed by atoms with Crippen molar-refractivity contribution in [1.82, 2.24) is 4.98 Å². The Kier molecular flexibility index (Phi) is 6.01. The molecule has 0 saturated heterocycles. The van der Waals surface area contributed by atoms with Gasteiger partial charge in [0.15, 0.2) is 6.61 Å². The van der Waals surface area contributed by atoms with Crippen LogP contribution in [0.4, 0.5) is 11.4 Å². The molecule has 28 heavy (non-hydrogen) atoms. The minimum Gasteiger partial charge on any atom is -0.484 e. The summed E-state index contributed by atoms with van der Waals surface area (Å²) >= 11 is 0. The van der Waals surface area contributed by atoms with Crippen molar-refractivity contribution in [3.05, 3.63) is 83.7 Å². The van der Waals surface area contributed by atoms with Crippen LogP contribution >= 0.6 is 0 Å². The van der Waals surface area contributed by atoms with Gasteiger partial charge in [0.1, 0.15) is 5.75 Å². The van der Waals surface area contributed by atoms with Gasteiger partial charge in [-0.15, -0.1) is 0 Å². The topological polar surface area (TPSA) is 80.3 Å². The van der Waals surface area contributed by atoms with Gasteiger partial charge < -0.3 is 15.4 Å². The Bertz CT molecular complexity index is 987. The van der Waals surface area contributed by atoms with Gasteiger partial charge in [-0.05, 0) is 61.4 Å². The van der Waals surface area contributed by atoms with Crippen molar-refractivity contribution in [3.8, 4) is 5.75 Å². The van der Waals surface area contributed by atoms with E-state index < -0.39 is 0 Å². The third-order valence-electron chi connectivity index (χ3n) is 4.22. The van der Waals surface area contributed by atoms with Crippen LogP contribution in [-0.2, 0) is 4.79 Å². The van der Waals surface area contributed by atoms with Gasteiger partial charge in [-0.25, -0.2) is 0 Å². The van der Waals surface area contributed by atoms with Crippen molar-refractivity contribution >= 4 is 23.2 Å². The Morgan fingerprint density at radius 2 is 1.68 bits per heavy atom. The molecule has 3 rings (SSSR count). The fourth-order valence-electron chi connectivity index (χ4n) is 2.53. The number of carbonyl (C=O) groups is 2. The lowest BCUT2D eigenvalue weighted by molar-refractivity contribution is -0.118. The Morgan fingerprint density at radius 1 is 0.929 bits per heavy atom. The van der Waals surface area contributed by atoms with E-state index in [-0.39, 0.29) is 18.4 Å². The van der Waals surface area contributed by atoms with E-state index in [1.807, 2.05) is 32.0 Å². The zero-order valence-electron chi connectivity index (χ0n) is 15.7. The SMILES string of the molecule is Cc1ccc(OCC(=O)Nc2ccccc2NC(=O)c2cccnc2)cc1C. The average Bonchev–Trinajstić information content (AvgIpc) is 2.71. The second kappa shape index (κ2) is 8.81. The summed E-state index contributed by atoms with van der Waals surface area (Å²) in [5.74, 6) is 0.0129. The molecule has 0 aliphatic carbocycles. The standard InChI is InChI=1S/C22H21N3O3/c1-15-9-10-18(12-16(15)2)28-14-21(26)24-19-7-3-4-8-20(19)25-22(27)17-6-5-11-23-13-17/h3-13H,14H2,1-2H3,(H,24,26)(H,25,27). The summed E-state index contributed by atoms with van der Waals surface area (Å²) in [4.78, 5) is 28.6. The third-order valence-corrected chi connectivity index (χ3v) is 4.22. The summed E-state index contributed by atoms with van der Waals surface area (Å²) in [6, 6.07) is 16.0. The minimum absolute atomic E-state index is 0.132.